The molecule has 94 valence electrons. The molecule has 18 heavy (non-hydrogen) atoms. The van der Waals surface area contributed by atoms with Gasteiger partial charge < -0.3 is 10.5 Å². The first-order valence-corrected chi connectivity index (χ1v) is 5.75. The highest BCUT2D eigenvalue weighted by molar-refractivity contribution is 5.23. The van der Waals surface area contributed by atoms with E-state index in [1.165, 1.54) is 12.1 Å². The number of ether oxygens (including phenoxy) is 1. The van der Waals surface area contributed by atoms with Crippen LogP contribution in [0.5, 0.6) is 5.75 Å². The molecule has 3 nitrogen and oxygen atoms in total. The number of nitrogens with zero attached hydrogens (tertiary/aromatic N) is 1. The van der Waals surface area contributed by atoms with Crippen molar-refractivity contribution < 1.29 is 9.13 Å². The lowest BCUT2D eigenvalue weighted by molar-refractivity contribution is 0.175. The van der Waals surface area contributed by atoms with Crippen molar-refractivity contribution in [3.8, 4) is 5.75 Å². The van der Waals surface area contributed by atoms with E-state index < -0.39 is 0 Å². The van der Waals surface area contributed by atoms with Crippen molar-refractivity contribution in [1.82, 2.24) is 4.98 Å². The number of nitrogens with two attached hydrogens (primary N) is 1. The second kappa shape index (κ2) is 5.60. The van der Waals surface area contributed by atoms with Crippen LogP contribution in [0.15, 0.2) is 48.7 Å². The average Bonchev–Trinajstić information content (AvgIpc) is 2.38. The Morgan fingerprint density at radius 3 is 2.44 bits per heavy atom. The zero-order valence-electron chi connectivity index (χ0n) is 10.1. The summed E-state index contributed by atoms with van der Waals surface area (Å²) in [6.45, 7) is 1.85. The monoisotopic (exact) mass is 246 g/mol. The lowest BCUT2D eigenvalue weighted by Gasteiger charge is -2.21. The molecule has 0 aliphatic heterocycles. The molecule has 0 aliphatic carbocycles. The van der Waals surface area contributed by atoms with E-state index in [2.05, 4.69) is 4.98 Å². The maximum Gasteiger partial charge on any atom is 0.155 e. The first kappa shape index (κ1) is 12.5. The molecule has 0 saturated heterocycles. The quantitative estimate of drug-likeness (QED) is 0.902. The third-order valence-corrected chi connectivity index (χ3v) is 2.53. The number of hydrogen-bond acceptors (Lipinski definition) is 3. The van der Waals surface area contributed by atoms with Gasteiger partial charge in [0.2, 0.25) is 0 Å². The van der Waals surface area contributed by atoms with Crippen molar-refractivity contribution in [2.75, 3.05) is 0 Å². The highest BCUT2D eigenvalue weighted by Gasteiger charge is 2.19. The standard InChI is InChI=1S/C14H15FN2O/c1-10(16)14(13-4-2-3-9-17-13)18-12-7-5-11(15)6-8-12/h2-10,14H,16H2,1H3. The van der Waals surface area contributed by atoms with E-state index >= 15 is 0 Å². The zero-order valence-corrected chi connectivity index (χ0v) is 10.1. The van der Waals surface area contributed by atoms with Crippen molar-refractivity contribution in [1.29, 1.82) is 0 Å². The van der Waals surface area contributed by atoms with Crippen LogP contribution < -0.4 is 10.5 Å². The molecule has 0 saturated carbocycles. The van der Waals surface area contributed by atoms with Crippen molar-refractivity contribution in [3.63, 3.8) is 0 Å². The first-order valence-electron chi connectivity index (χ1n) is 5.75. The van der Waals surface area contributed by atoms with Gasteiger partial charge in [-0.3, -0.25) is 4.98 Å². The summed E-state index contributed by atoms with van der Waals surface area (Å²) in [5.74, 6) is 0.280. The lowest BCUT2D eigenvalue weighted by Crippen LogP contribution is -2.29. The fourth-order valence-electron chi connectivity index (χ4n) is 1.64. The minimum Gasteiger partial charge on any atom is -0.483 e. The van der Waals surface area contributed by atoms with E-state index in [1.807, 2.05) is 25.1 Å². The number of pyridine rings is 1. The Morgan fingerprint density at radius 2 is 1.89 bits per heavy atom. The fraction of sp³-hybridized carbons (Fsp3) is 0.214. The summed E-state index contributed by atoms with van der Waals surface area (Å²) >= 11 is 0. The fourth-order valence-corrected chi connectivity index (χ4v) is 1.64. The van der Waals surface area contributed by atoms with Crippen LogP contribution >= 0.6 is 0 Å². The van der Waals surface area contributed by atoms with Gasteiger partial charge in [0.05, 0.1) is 5.69 Å². The predicted molar refractivity (Wildman–Crippen MR) is 67.7 cm³/mol. The van der Waals surface area contributed by atoms with E-state index in [-0.39, 0.29) is 18.0 Å². The highest BCUT2D eigenvalue weighted by Crippen LogP contribution is 2.22. The minimum absolute atomic E-state index is 0.218. The average molecular weight is 246 g/mol. The SMILES string of the molecule is CC(N)C(Oc1ccc(F)cc1)c1ccccn1. The van der Waals surface area contributed by atoms with E-state index in [4.69, 9.17) is 10.5 Å². The molecule has 4 heteroatoms. The Kier molecular flexibility index (Phi) is 3.89. The van der Waals surface area contributed by atoms with Crippen molar-refractivity contribution in [2.45, 2.75) is 19.1 Å². The van der Waals surface area contributed by atoms with Gasteiger partial charge in [0.25, 0.3) is 0 Å². The van der Waals surface area contributed by atoms with E-state index in [0.29, 0.717) is 5.75 Å². The second-order valence-corrected chi connectivity index (χ2v) is 4.11. The molecular weight excluding hydrogens is 231 g/mol. The number of hydrogen-bond donors (Lipinski definition) is 1. The maximum atomic E-state index is 12.8. The van der Waals surface area contributed by atoms with Crippen LogP contribution in [0.4, 0.5) is 4.39 Å². The Balaban J connectivity index is 2.19. The maximum absolute atomic E-state index is 12.8. The first-order chi connectivity index (χ1) is 8.66. The summed E-state index contributed by atoms with van der Waals surface area (Å²) < 4.78 is 18.6. The van der Waals surface area contributed by atoms with Crippen molar-refractivity contribution >= 4 is 0 Å². The van der Waals surface area contributed by atoms with Crippen LogP contribution in [0, 0.1) is 5.82 Å². The molecule has 0 radical (unpaired) electrons. The van der Waals surface area contributed by atoms with Crippen LogP contribution in [0.2, 0.25) is 0 Å². The predicted octanol–water partition coefficient (Wildman–Crippen LogP) is 2.69. The van der Waals surface area contributed by atoms with E-state index in [9.17, 15) is 4.39 Å². The van der Waals surface area contributed by atoms with Gasteiger partial charge in [0.1, 0.15) is 11.6 Å². The summed E-state index contributed by atoms with van der Waals surface area (Å²) in [4.78, 5) is 4.23. The van der Waals surface area contributed by atoms with Crippen LogP contribution in [0.3, 0.4) is 0 Å². The molecule has 1 heterocycles. The summed E-state index contributed by atoms with van der Waals surface area (Å²) in [5.41, 5.74) is 6.67. The molecule has 2 N–H and O–H groups in total. The number of halogens is 1. The van der Waals surface area contributed by atoms with E-state index in [0.717, 1.165) is 5.69 Å². The Morgan fingerprint density at radius 1 is 1.17 bits per heavy atom. The van der Waals surface area contributed by atoms with Crippen LogP contribution in [-0.4, -0.2) is 11.0 Å². The molecule has 2 aromatic rings. The lowest BCUT2D eigenvalue weighted by atomic mass is 10.1. The summed E-state index contributed by atoms with van der Waals surface area (Å²) in [6.07, 6.45) is 1.34. The van der Waals surface area contributed by atoms with Gasteiger partial charge in [-0.15, -0.1) is 0 Å². The molecule has 2 unspecified atom stereocenters. The van der Waals surface area contributed by atoms with Gasteiger partial charge in [-0.05, 0) is 43.3 Å². The molecule has 2 rings (SSSR count). The zero-order chi connectivity index (χ0) is 13.0. The van der Waals surface area contributed by atoms with Gasteiger partial charge in [-0.2, -0.15) is 0 Å². The van der Waals surface area contributed by atoms with Crippen LogP contribution in [0.25, 0.3) is 0 Å². The molecular formula is C14H15FN2O. The number of benzene rings is 1. The second-order valence-electron chi connectivity index (χ2n) is 4.11. The molecule has 0 spiro atoms. The third-order valence-electron chi connectivity index (χ3n) is 2.53. The van der Waals surface area contributed by atoms with Gasteiger partial charge in [0.15, 0.2) is 6.10 Å². The van der Waals surface area contributed by atoms with Gasteiger partial charge in [-0.1, -0.05) is 6.07 Å². The van der Waals surface area contributed by atoms with Crippen molar-refractivity contribution in [3.05, 3.63) is 60.2 Å². The molecule has 0 amide bonds. The van der Waals surface area contributed by atoms with E-state index in [1.54, 1.807) is 18.3 Å². The molecule has 0 aliphatic rings. The summed E-state index contributed by atoms with van der Waals surface area (Å²) in [7, 11) is 0. The van der Waals surface area contributed by atoms with Crippen LogP contribution in [-0.2, 0) is 0 Å². The molecule has 0 bridgehead atoms. The molecule has 0 fully saturated rings. The Bertz CT molecular complexity index is 485. The summed E-state index contributed by atoms with van der Waals surface area (Å²) in [5, 5.41) is 0. The van der Waals surface area contributed by atoms with Crippen LogP contribution in [0.1, 0.15) is 18.7 Å². The Labute approximate surface area is 105 Å². The highest BCUT2D eigenvalue weighted by atomic mass is 19.1. The number of aromatic nitrogens is 1. The third kappa shape index (κ3) is 3.05. The topological polar surface area (TPSA) is 48.1 Å². The smallest absolute Gasteiger partial charge is 0.155 e. The number of rotatable bonds is 4. The van der Waals surface area contributed by atoms with Crippen molar-refractivity contribution in [2.24, 2.45) is 5.73 Å². The Hall–Kier alpha value is -1.94. The molecule has 1 aromatic carbocycles. The molecule has 2 atom stereocenters. The van der Waals surface area contributed by atoms with Gasteiger partial charge >= 0.3 is 0 Å². The minimum atomic E-state index is -0.350. The molecule has 1 aromatic heterocycles. The summed E-state index contributed by atoms with van der Waals surface area (Å²) in [6, 6.07) is 11.2. The normalized spacial score (nSPS) is 13.9. The largest absolute Gasteiger partial charge is 0.483 e. The van der Waals surface area contributed by atoms with Gasteiger partial charge in [-0.25, -0.2) is 4.39 Å². The van der Waals surface area contributed by atoms with Gasteiger partial charge in [0, 0.05) is 12.2 Å².